The van der Waals surface area contributed by atoms with Crippen molar-refractivity contribution in [2.45, 2.75) is 137 Å². The van der Waals surface area contributed by atoms with Gasteiger partial charge < -0.3 is 0 Å². The Bertz CT molecular complexity index is 639. The second kappa shape index (κ2) is 14.4. The Morgan fingerprint density at radius 3 is 1.94 bits per heavy atom. The van der Waals surface area contributed by atoms with E-state index in [0.717, 1.165) is 24.9 Å². The van der Waals surface area contributed by atoms with Crippen LogP contribution in [0.5, 0.6) is 0 Å². The Labute approximate surface area is 204 Å². The molecule has 32 heavy (non-hydrogen) atoms. The zero-order valence-electron chi connectivity index (χ0n) is 22.6. The van der Waals surface area contributed by atoms with Gasteiger partial charge in [0.1, 0.15) is 0 Å². The quantitative estimate of drug-likeness (QED) is 0.107. The Hall–Kier alpha value is -0.0744. The van der Waals surface area contributed by atoms with Crippen LogP contribution in [0.15, 0.2) is 10.5 Å². The molecule has 5 heteroatoms. The van der Waals surface area contributed by atoms with Crippen LogP contribution in [-0.2, 0) is 22.2 Å². The van der Waals surface area contributed by atoms with E-state index in [1.165, 1.54) is 61.2 Å². The first-order chi connectivity index (χ1) is 15.1. The maximum atomic E-state index is 10.9. The Morgan fingerprint density at radius 2 is 1.50 bits per heavy atom. The number of hydrogen-bond acceptors (Lipinski definition) is 3. The van der Waals surface area contributed by atoms with Gasteiger partial charge in [0.15, 0.2) is 0 Å². The number of aryl methyl sites for hydroxylation is 1. The van der Waals surface area contributed by atoms with Crippen molar-refractivity contribution in [3.63, 3.8) is 0 Å². The summed E-state index contributed by atoms with van der Waals surface area (Å²) >= 11 is -2.62. The zero-order chi connectivity index (χ0) is 24.3. The summed E-state index contributed by atoms with van der Waals surface area (Å²) in [5.74, 6) is 1.10. The van der Waals surface area contributed by atoms with Crippen LogP contribution < -0.4 is 3.78 Å². The van der Waals surface area contributed by atoms with Gasteiger partial charge >= 0.3 is 205 Å². The summed E-state index contributed by atoms with van der Waals surface area (Å²) < 4.78 is 19.0. The van der Waals surface area contributed by atoms with Gasteiger partial charge in [-0.05, 0) is 0 Å². The van der Waals surface area contributed by atoms with E-state index in [-0.39, 0.29) is 5.04 Å². The summed E-state index contributed by atoms with van der Waals surface area (Å²) in [5.41, 5.74) is 1.27. The molecule has 0 bridgehead atoms. The average molecular weight is 572 g/mol. The van der Waals surface area contributed by atoms with E-state index in [0.29, 0.717) is 13.0 Å². The van der Waals surface area contributed by atoms with E-state index >= 15 is 0 Å². The molecule has 1 aromatic heterocycles. The molecular formula is C27H52O3SiSn. The van der Waals surface area contributed by atoms with Crippen LogP contribution in [-0.4, -0.2) is 33.0 Å². The number of rotatable bonds is 17. The fourth-order valence-electron chi connectivity index (χ4n) is 4.17. The van der Waals surface area contributed by atoms with Gasteiger partial charge in [0.25, 0.3) is 0 Å². The molecule has 0 N–H and O–H groups in total. The van der Waals surface area contributed by atoms with Crippen molar-refractivity contribution >= 4 is 36.8 Å². The molecule has 1 aromatic rings. The molecule has 0 spiro atoms. The predicted molar refractivity (Wildman–Crippen MR) is 144 cm³/mol. The standard InChI is InChI=1S/C15H25O3Si.3C4H9.Sn/c1-15(2,3)19(4,5)18-12-13-9-11-17-14(13)8-6-7-10-16;3*1-3-4-2;/h9-10H,6-8,12H2,1-5H3;3*1,3-4H2,2H3;. The molecule has 1 rings (SSSR count). The van der Waals surface area contributed by atoms with E-state index < -0.39 is 26.7 Å². The number of carbonyl (C=O) groups excluding carboxylic acids is 1. The molecule has 0 atom stereocenters. The topological polar surface area (TPSA) is 39.4 Å². The van der Waals surface area contributed by atoms with Crippen LogP contribution in [0.25, 0.3) is 0 Å². The molecule has 0 aliphatic carbocycles. The monoisotopic (exact) mass is 572 g/mol. The van der Waals surface area contributed by atoms with Gasteiger partial charge in [-0.2, -0.15) is 0 Å². The van der Waals surface area contributed by atoms with Gasteiger partial charge in [0, 0.05) is 0 Å². The normalized spacial score (nSPS) is 13.0. The van der Waals surface area contributed by atoms with E-state index in [1.54, 1.807) is 0 Å². The van der Waals surface area contributed by atoms with Crippen LogP contribution in [0.1, 0.15) is 104 Å². The van der Waals surface area contributed by atoms with Crippen LogP contribution in [0.2, 0.25) is 31.4 Å². The van der Waals surface area contributed by atoms with Gasteiger partial charge in [-0.25, -0.2) is 0 Å². The van der Waals surface area contributed by atoms with E-state index in [9.17, 15) is 4.79 Å². The Balaban J connectivity index is 3.33. The van der Waals surface area contributed by atoms with E-state index in [2.05, 4.69) is 60.7 Å². The minimum atomic E-state index is -2.62. The molecule has 0 saturated heterocycles. The molecular weight excluding hydrogens is 519 g/mol. The van der Waals surface area contributed by atoms with Gasteiger partial charge in [-0.15, -0.1) is 0 Å². The van der Waals surface area contributed by atoms with Crippen molar-refractivity contribution < 1.29 is 13.6 Å². The fraction of sp³-hybridized carbons (Fsp3) is 0.815. The number of unbranched alkanes of at least 4 members (excludes halogenated alkanes) is 4. The summed E-state index contributed by atoms with van der Waals surface area (Å²) in [7, 11) is -1.83. The first-order valence-electron chi connectivity index (χ1n) is 13.3. The van der Waals surface area contributed by atoms with Gasteiger partial charge in [0.05, 0.1) is 0 Å². The van der Waals surface area contributed by atoms with Crippen LogP contribution >= 0.6 is 0 Å². The summed E-state index contributed by atoms with van der Waals surface area (Å²) in [6.45, 7) is 19.2. The SMILES string of the molecule is CCC[CH2][Sn]([CH2]CCC)([CH2]CCC)[c]1cc(CO[Si](C)(C)C(C)(C)C)c(CCCC=O)o1. The number of carbonyl (C=O) groups is 1. The summed E-state index contributed by atoms with van der Waals surface area (Å²) in [4.78, 5) is 10.9. The average Bonchev–Trinajstić information content (AvgIpc) is 3.15. The maximum absolute atomic E-state index is 10.9. The second-order valence-electron chi connectivity index (χ2n) is 11.3. The Morgan fingerprint density at radius 1 is 0.969 bits per heavy atom. The molecule has 0 radical (unpaired) electrons. The molecule has 1 heterocycles. The van der Waals surface area contributed by atoms with Crippen molar-refractivity contribution in [1.82, 2.24) is 0 Å². The van der Waals surface area contributed by atoms with Crippen molar-refractivity contribution in [3.8, 4) is 0 Å². The summed E-state index contributed by atoms with van der Waals surface area (Å²) in [5, 5.41) is 0.198. The zero-order valence-corrected chi connectivity index (χ0v) is 26.4. The van der Waals surface area contributed by atoms with Crippen molar-refractivity contribution in [1.29, 1.82) is 0 Å². The fourth-order valence-corrected chi connectivity index (χ4v) is 20.5. The third-order valence-corrected chi connectivity index (χ3v) is 27.0. The summed E-state index contributed by atoms with van der Waals surface area (Å²) in [6.07, 6.45) is 11.2. The minimum absolute atomic E-state index is 0.198. The van der Waals surface area contributed by atoms with Crippen LogP contribution in [0, 0.1) is 0 Å². The van der Waals surface area contributed by atoms with Gasteiger partial charge in [0.2, 0.25) is 0 Å². The Kier molecular flexibility index (Phi) is 13.4. The van der Waals surface area contributed by atoms with Crippen molar-refractivity contribution in [2.24, 2.45) is 0 Å². The van der Waals surface area contributed by atoms with Gasteiger partial charge in [-0.1, -0.05) is 0 Å². The van der Waals surface area contributed by atoms with Crippen molar-refractivity contribution in [3.05, 3.63) is 17.4 Å². The first kappa shape index (κ1) is 30.0. The predicted octanol–water partition coefficient (Wildman–Crippen LogP) is 8.38. The van der Waals surface area contributed by atoms with Crippen molar-refractivity contribution in [2.75, 3.05) is 0 Å². The molecule has 0 aliphatic heterocycles. The number of hydrogen-bond donors (Lipinski definition) is 0. The molecule has 0 aliphatic rings. The molecule has 0 aromatic carbocycles. The number of aldehydes is 1. The molecule has 186 valence electrons. The molecule has 0 saturated carbocycles. The molecule has 3 nitrogen and oxygen atoms in total. The third-order valence-electron chi connectivity index (χ3n) is 7.57. The number of furan rings is 1. The van der Waals surface area contributed by atoms with E-state index in [1.807, 2.05) is 0 Å². The van der Waals surface area contributed by atoms with Crippen LogP contribution in [0.4, 0.5) is 0 Å². The van der Waals surface area contributed by atoms with Gasteiger partial charge in [-0.3, -0.25) is 0 Å². The molecule has 0 unspecified atom stereocenters. The third kappa shape index (κ3) is 8.94. The molecule has 0 fully saturated rings. The van der Waals surface area contributed by atoms with E-state index in [4.69, 9.17) is 8.84 Å². The first-order valence-corrected chi connectivity index (χ1v) is 23.7. The van der Waals surface area contributed by atoms with Crippen LogP contribution in [0.3, 0.4) is 0 Å². The molecule has 0 amide bonds. The second-order valence-corrected chi connectivity index (χ2v) is 29.1. The summed E-state index contributed by atoms with van der Waals surface area (Å²) in [6, 6.07) is 2.43.